The number of carbonyl (C=O) groups is 1. The van der Waals surface area contributed by atoms with Crippen molar-refractivity contribution in [1.29, 1.82) is 0 Å². The van der Waals surface area contributed by atoms with Crippen LogP contribution in [0.5, 0.6) is 0 Å². The Kier molecular flexibility index (Phi) is 5.55. The fourth-order valence-corrected chi connectivity index (χ4v) is 3.09. The monoisotopic (exact) mass is 299 g/mol. The maximum Gasteiger partial charge on any atom is 0.230 e. The Morgan fingerprint density at radius 3 is 2.74 bits per heavy atom. The highest BCUT2D eigenvalue weighted by Gasteiger charge is 2.25. The van der Waals surface area contributed by atoms with Crippen molar-refractivity contribution < 1.29 is 9.90 Å². The molecule has 2 N–H and O–H groups in total. The Hall–Kier alpha value is -0.710. The van der Waals surface area contributed by atoms with Gasteiger partial charge in [0.05, 0.1) is 11.9 Å². The van der Waals surface area contributed by atoms with Gasteiger partial charge in [-0.3, -0.25) is 4.79 Å². The fraction of sp³-hybridized carbons (Fsp3) is 0.500. The molecule has 1 amide bonds. The summed E-state index contributed by atoms with van der Waals surface area (Å²) in [5.41, 5.74) is 0. The first-order valence-electron chi connectivity index (χ1n) is 6.48. The molecule has 1 aromatic carbocycles. The topological polar surface area (TPSA) is 49.3 Å². The van der Waals surface area contributed by atoms with Crippen LogP contribution < -0.4 is 5.32 Å². The van der Waals surface area contributed by atoms with Crippen molar-refractivity contribution in [2.24, 2.45) is 5.92 Å². The smallest absolute Gasteiger partial charge is 0.230 e. The van der Waals surface area contributed by atoms with Gasteiger partial charge in [-0.15, -0.1) is 11.8 Å². The minimum absolute atomic E-state index is 0.0130. The van der Waals surface area contributed by atoms with Crippen LogP contribution in [-0.4, -0.2) is 29.4 Å². The predicted molar refractivity (Wildman–Crippen MR) is 78.5 cm³/mol. The number of hydrogen-bond donors (Lipinski definition) is 2. The van der Waals surface area contributed by atoms with Crippen molar-refractivity contribution in [2.45, 2.75) is 30.3 Å². The number of rotatable bonds is 5. The quantitative estimate of drug-likeness (QED) is 0.822. The van der Waals surface area contributed by atoms with E-state index in [-0.39, 0.29) is 17.9 Å². The van der Waals surface area contributed by atoms with Gasteiger partial charge in [0.15, 0.2) is 0 Å². The van der Waals surface area contributed by atoms with E-state index < -0.39 is 0 Å². The normalized spacial score (nSPS) is 22.4. The third-order valence-corrected chi connectivity index (χ3v) is 4.63. The largest absolute Gasteiger partial charge is 0.393 e. The van der Waals surface area contributed by atoms with Gasteiger partial charge in [0, 0.05) is 22.4 Å². The molecule has 104 valence electrons. The summed E-state index contributed by atoms with van der Waals surface area (Å²) < 4.78 is 0. The number of amides is 1. The van der Waals surface area contributed by atoms with Crippen LogP contribution >= 0.6 is 23.4 Å². The Morgan fingerprint density at radius 1 is 1.37 bits per heavy atom. The Morgan fingerprint density at radius 2 is 2.11 bits per heavy atom. The second-order valence-electron chi connectivity index (χ2n) is 4.81. The summed E-state index contributed by atoms with van der Waals surface area (Å²) in [5, 5.41) is 13.3. The van der Waals surface area contributed by atoms with Gasteiger partial charge in [-0.05, 0) is 37.1 Å². The summed E-state index contributed by atoms with van der Waals surface area (Å²) in [7, 11) is 0. The number of carbonyl (C=O) groups excluding carboxylic acids is 1. The van der Waals surface area contributed by atoms with E-state index in [1.54, 1.807) is 0 Å². The lowest BCUT2D eigenvalue weighted by molar-refractivity contribution is -0.118. The maximum atomic E-state index is 11.7. The zero-order valence-corrected chi connectivity index (χ0v) is 12.2. The molecule has 2 unspecified atom stereocenters. The predicted octanol–water partition coefficient (Wildman–Crippen LogP) is 2.71. The fourth-order valence-electron chi connectivity index (χ4n) is 2.23. The molecule has 0 aliphatic heterocycles. The number of aliphatic hydroxyl groups excluding tert-OH is 1. The molecule has 0 aromatic heterocycles. The SMILES string of the molecule is O=C(CSc1ccc(Cl)cc1)NCC1CCCC1O. The summed E-state index contributed by atoms with van der Waals surface area (Å²) in [4.78, 5) is 12.7. The van der Waals surface area contributed by atoms with Crippen LogP contribution in [0.2, 0.25) is 5.02 Å². The van der Waals surface area contributed by atoms with E-state index >= 15 is 0 Å². The van der Waals surface area contributed by atoms with Gasteiger partial charge in [-0.2, -0.15) is 0 Å². The number of hydrogen-bond acceptors (Lipinski definition) is 3. The van der Waals surface area contributed by atoms with E-state index in [1.807, 2.05) is 24.3 Å². The molecular formula is C14H18ClNO2S. The molecule has 0 heterocycles. The zero-order chi connectivity index (χ0) is 13.7. The molecule has 0 saturated heterocycles. The number of benzene rings is 1. The van der Waals surface area contributed by atoms with Crippen molar-refractivity contribution in [3.8, 4) is 0 Å². The van der Waals surface area contributed by atoms with E-state index in [0.29, 0.717) is 17.3 Å². The Balaban J connectivity index is 1.68. The molecule has 0 bridgehead atoms. The first kappa shape index (κ1) is 14.7. The van der Waals surface area contributed by atoms with Crippen LogP contribution in [-0.2, 0) is 4.79 Å². The minimum atomic E-state index is -0.246. The van der Waals surface area contributed by atoms with Crippen LogP contribution in [0.3, 0.4) is 0 Å². The van der Waals surface area contributed by atoms with Gasteiger partial charge in [0.2, 0.25) is 5.91 Å². The molecule has 19 heavy (non-hydrogen) atoms. The van der Waals surface area contributed by atoms with Gasteiger partial charge in [0.1, 0.15) is 0 Å². The van der Waals surface area contributed by atoms with Crippen LogP contribution in [0.15, 0.2) is 29.2 Å². The maximum absolute atomic E-state index is 11.7. The molecule has 1 saturated carbocycles. The van der Waals surface area contributed by atoms with E-state index in [0.717, 1.165) is 24.2 Å². The molecule has 0 radical (unpaired) electrons. The van der Waals surface area contributed by atoms with Crippen molar-refractivity contribution in [3.63, 3.8) is 0 Å². The number of thioether (sulfide) groups is 1. The zero-order valence-electron chi connectivity index (χ0n) is 10.6. The molecule has 1 fully saturated rings. The molecule has 1 aliphatic carbocycles. The number of aliphatic hydroxyl groups is 1. The second kappa shape index (κ2) is 7.17. The highest BCUT2D eigenvalue weighted by atomic mass is 35.5. The van der Waals surface area contributed by atoms with Gasteiger partial charge in [-0.25, -0.2) is 0 Å². The molecule has 1 aliphatic rings. The minimum Gasteiger partial charge on any atom is -0.393 e. The van der Waals surface area contributed by atoms with E-state index in [1.165, 1.54) is 11.8 Å². The molecule has 2 rings (SSSR count). The van der Waals surface area contributed by atoms with E-state index in [4.69, 9.17) is 11.6 Å². The first-order chi connectivity index (χ1) is 9.15. The summed E-state index contributed by atoms with van der Waals surface area (Å²) in [6, 6.07) is 7.44. The van der Waals surface area contributed by atoms with Gasteiger partial charge in [0.25, 0.3) is 0 Å². The number of halogens is 1. The van der Waals surface area contributed by atoms with E-state index in [2.05, 4.69) is 5.32 Å². The molecule has 1 aromatic rings. The van der Waals surface area contributed by atoms with Crippen molar-refractivity contribution in [3.05, 3.63) is 29.3 Å². The van der Waals surface area contributed by atoms with Crippen LogP contribution in [0.25, 0.3) is 0 Å². The van der Waals surface area contributed by atoms with Crippen LogP contribution in [0.4, 0.5) is 0 Å². The third kappa shape index (κ3) is 4.71. The first-order valence-corrected chi connectivity index (χ1v) is 7.84. The van der Waals surface area contributed by atoms with Crippen molar-refractivity contribution in [2.75, 3.05) is 12.3 Å². The lowest BCUT2D eigenvalue weighted by Gasteiger charge is -2.14. The lowest BCUT2D eigenvalue weighted by atomic mass is 10.1. The summed E-state index contributed by atoms with van der Waals surface area (Å²) in [5.74, 6) is 0.633. The molecular weight excluding hydrogens is 282 g/mol. The molecule has 5 heteroatoms. The second-order valence-corrected chi connectivity index (χ2v) is 6.29. The molecule has 3 nitrogen and oxygen atoms in total. The highest BCUT2D eigenvalue weighted by molar-refractivity contribution is 8.00. The Labute approximate surface area is 122 Å². The van der Waals surface area contributed by atoms with Gasteiger partial charge in [-0.1, -0.05) is 18.0 Å². The number of nitrogens with one attached hydrogen (secondary N) is 1. The van der Waals surface area contributed by atoms with Crippen LogP contribution in [0.1, 0.15) is 19.3 Å². The van der Waals surface area contributed by atoms with Gasteiger partial charge < -0.3 is 10.4 Å². The highest BCUT2D eigenvalue weighted by Crippen LogP contribution is 2.25. The Bertz CT molecular complexity index is 424. The summed E-state index contributed by atoms with van der Waals surface area (Å²) in [6.45, 7) is 0.585. The average molecular weight is 300 g/mol. The third-order valence-electron chi connectivity index (χ3n) is 3.36. The van der Waals surface area contributed by atoms with Crippen molar-refractivity contribution in [1.82, 2.24) is 5.32 Å². The lowest BCUT2D eigenvalue weighted by Crippen LogP contribution is -2.33. The standard InChI is InChI=1S/C14H18ClNO2S/c15-11-4-6-12(7-5-11)19-9-14(18)16-8-10-2-1-3-13(10)17/h4-7,10,13,17H,1-3,8-9H2,(H,16,18). The summed E-state index contributed by atoms with van der Waals surface area (Å²) >= 11 is 7.29. The summed E-state index contributed by atoms with van der Waals surface area (Å²) in [6.07, 6.45) is 2.68. The molecule has 2 atom stereocenters. The molecule has 0 spiro atoms. The van der Waals surface area contributed by atoms with Crippen molar-refractivity contribution >= 4 is 29.3 Å². The van der Waals surface area contributed by atoms with E-state index in [9.17, 15) is 9.90 Å². The average Bonchev–Trinajstić information content (AvgIpc) is 2.81. The van der Waals surface area contributed by atoms with Gasteiger partial charge >= 0.3 is 0 Å². The van der Waals surface area contributed by atoms with Crippen LogP contribution in [0, 0.1) is 5.92 Å².